The molecule has 8 aromatic carbocycles. The van der Waals surface area contributed by atoms with Gasteiger partial charge < -0.3 is 0 Å². The number of thiophene rings is 1. The lowest BCUT2D eigenvalue weighted by Gasteiger charge is -2.11. The minimum Gasteiger partial charge on any atom is -0.134 e. The summed E-state index contributed by atoms with van der Waals surface area (Å²) in [6.07, 6.45) is 8.01. The van der Waals surface area contributed by atoms with Gasteiger partial charge in [-0.2, -0.15) is 0 Å². The zero-order valence-corrected chi connectivity index (χ0v) is 25.9. The van der Waals surface area contributed by atoms with Crippen molar-refractivity contribution < 1.29 is 0 Å². The first-order valence-electron chi connectivity index (χ1n) is 16.0. The summed E-state index contributed by atoms with van der Waals surface area (Å²) in [5.74, 6) is 0. The minimum absolute atomic E-state index is 0.932. The minimum atomic E-state index is 0.932. The van der Waals surface area contributed by atoms with Crippen LogP contribution in [0.1, 0.15) is 12.0 Å². The molecule has 0 unspecified atom stereocenters. The molecule has 0 N–H and O–H groups in total. The van der Waals surface area contributed by atoms with E-state index in [9.17, 15) is 0 Å². The lowest BCUT2D eigenvalue weighted by Crippen LogP contribution is -2.20. The number of hydrogen-bond acceptors (Lipinski definition) is 1. The van der Waals surface area contributed by atoms with Crippen LogP contribution in [0.3, 0.4) is 0 Å². The molecule has 46 heavy (non-hydrogen) atoms. The molecular weight excluding hydrogens is 573 g/mol. The maximum Gasteiger partial charge on any atom is 0.0440 e. The summed E-state index contributed by atoms with van der Waals surface area (Å²) >= 11 is 1.96. The van der Waals surface area contributed by atoms with Gasteiger partial charge in [0.2, 0.25) is 0 Å². The molecule has 1 aliphatic carbocycles. The van der Waals surface area contributed by atoms with Gasteiger partial charge in [0.15, 0.2) is 0 Å². The van der Waals surface area contributed by atoms with Gasteiger partial charge in [0.25, 0.3) is 0 Å². The van der Waals surface area contributed by atoms with Gasteiger partial charge in [-0.1, -0.05) is 140 Å². The highest BCUT2D eigenvalue weighted by Crippen LogP contribution is 2.39. The second-order valence-corrected chi connectivity index (χ2v) is 13.4. The van der Waals surface area contributed by atoms with Crippen LogP contribution < -0.4 is 9.75 Å². The zero-order chi connectivity index (χ0) is 30.2. The smallest absolute Gasteiger partial charge is 0.0440 e. The van der Waals surface area contributed by atoms with Crippen molar-refractivity contribution in [3.63, 3.8) is 0 Å². The van der Waals surface area contributed by atoms with Crippen molar-refractivity contribution in [2.75, 3.05) is 0 Å². The maximum absolute atomic E-state index is 2.42. The summed E-state index contributed by atoms with van der Waals surface area (Å²) in [5.41, 5.74) is 5.08. The summed E-state index contributed by atoms with van der Waals surface area (Å²) in [6, 6.07) is 51.7. The van der Waals surface area contributed by atoms with Gasteiger partial charge in [-0.3, -0.25) is 0 Å². The number of rotatable bonds is 2. The van der Waals surface area contributed by atoms with Crippen LogP contribution in [0, 0.1) is 0 Å². The van der Waals surface area contributed by atoms with E-state index in [-0.39, 0.29) is 0 Å². The quantitative estimate of drug-likeness (QED) is 0.173. The van der Waals surface area contributed by atoms with Crippen molar-refractivity contribution in [1.29, 1.82) is 0 Å². The molecular formula is C45H28S. The molecule has 0 radical (unpaired) electrons. The molecule has 0 bridgehead atoms. The molecule has 0 spiro atoms. The first-order valence-corrected chi connectivity index (χ1v) is 16.8. The van der Waals surface area contributed by atoms with Crippen LogP contribution in [0.2, 0.25) is 0 Å². The van der Waals surface area contributed by atoms with Gasteiger partial charge >= 0.3 is 0 Å². The van der Waals surface area contributed by atoms with Gasteiger partial charge in [0.1, 0.15) is 0 Å². The molecule has 0 nitrogen and oxygen atoms in total. The average Bonchev–Trinajstić information content (AvgIpc) is 3.36. The summed E-state index contributed by atoms with van der Waals surface area (Å²) in [5, 5.41) is 15.8. The average molecular weight is 601 g/mol. The fourth-order valence-corrected chi connectivity index (χ4v) is 9.01. The van der Waals surface area contributed by atoms with Crippen molar-refractivity contribution in [2.45, 2.75) is 6.42 Å². The Hall–Kier alpha value is -5.50. The van der Waals surface area contributed by atoms with E-state index in [1.54, 1.807) is 0 Å². The van der Waals surface area contributed by atoms with Crippen LogP contribution in [0.15, 0.2) is 152 Å². The lowest BCUT2D eigenvalue weighted by atomic mass is 9.93. The Morgan fingerprint density at radius 2 is 0.957 bits per heavy atom. The van der Waals surface area contributed by atoms with Crippen molar-refractivity contribution in [3.8, 4) is 11.1 Å². The monoisotopic (exact) mass is 600 g/mol. The standard InChI is InChI=1S/C45H28S/c1-2-10-29-25-30(18-17-28(29)9-1)31-19-20-33-27-34(22-21-32(33)26-31)35-11-3-8-16-41-42-24-23-40-38-14-5-4-12-36(38)37-13-6-7-15-39(37)43(40)45(42)46-44(35)41/h1-7,9-27H,8H2. The van der Waals surface area contributed by atoms with E-state index in [0.717, 1.165) is 6.42 Å². The summed E-state index contributed by atoms with van der Waals surface area (Å²) in [6.45, 7) is 0. The Kier molecular flexibility index (Phi) is 5.61. The SMILES string of the molecule is C1=CC(c2ccc3cc(-c4ccc5ccccc5c4)ccc3c2)=c2sc3c(ccc4c5ccccc5c5ccccc5c43)c2=CC1. The second-order valence-electron chi connectivity index (χ2n) is 12.4. The third-order valence-corrected chi connectivity index (χ3v) is 11.1. The number of hydrogen-bond donors (Lipinski definition) is 0. The Morgan fingerprint density at radius 1 is 0.435 bits per heavy atom. The van der Waals surface area contributed by atoms with Crippen LogP contribution in [0.25, 0.3) is 86.7 Å². The second kappa shape index (κ2) is 10.0. The Labute approximate surface area is 270 Å². The van der Waals surface area contributed by atoms with Crippen LogP contribution in [0.4, 0.5) is 0 Å². The first-order chi connectivity index (χ1) is 22.8. The fraction of sp³-hybridized carbons (Fsp3) is 0.0222. The third kappa shape index (κ3) is 3.86. The lowest BCUT2D eigenvalue weighted by molar-refractivity contribution is 1.49. The van der Waals surface area contributed by atoms with Crippen LogP contribution in [0.5, 0.6) is 0 Å². The number of benzene rings is 8. The largest absolute Gasteiger partial charge is 0.134 e. The van der Waals surface area contributed by atoms with E-state index in [1.165, 1.54) is 96.0 Å². The molecule has 0 amide bonds. The van der Waals surface area contributed by atoms with Crippen LogP contribution >= 0.6 is 11.3 Å². The topological polar surface area (TPSA) is 0 Å². The fourth-order valence-electron chi connectivity index (χ4n) is 7.60. The molecule has 0 fully saturated rings. The Bertz CT molecular complexity index is 2850. The van der Waals surface area contributed by atoms with Crippen molar-refractivity contribution in [2.24, 2.45) is 0 Å². The molecule has 1 aliphatic rings. The molecule has 0 saturated heterocycles. The van der Waals surface area contributed by atoms with Crippen molar-refractivity contribution >= 4 is 86.9 Å². The highest BCUT2D eigenvalue weighted by molar-refractivity contribution is 7.18. The molecule has 0 aliphatic heterocycles. The highest BCUT2D eigenvalue weighted by atomic mass is 32.1. The summed E-state index contributed by atoms with van der Waals surface area (Å²) < 4.78 is 2.75. The van der Waals surface area contributed by atoms with Crippen LogP contribution in [-0.2, 0) is 0 Å². The van der Waals surface area contributed by atoms with Gasteiger partial charge in [-0.15, -0.1) is 11.3 Å². The molecule has 1 aromatic heterocycles. The molecule has 0 atom stereocenters. The van der Waals surface area contributed by atoms with Crippen molar-refractivity contribution in [1.82, 2.24) is 0 Å². The third-order valence-electron chi connectivity index (χ3n) is 9.82. The van der Waals surface area contributed by atoms with E-state index in [4.69, 9.17) is 0 Å². The predicted octanol–water partition coefficient (Wildman–Crippen LogP) is 11.3. The van der Waals surface area contributed by atoms with E-state index in [2.05, 4.69) is 158 Å². The Morgan fingerprint density at radius 3 is 1.70 bits per heavy atom. The van der Waals surface area contributed by atoms with E-state index >= 15 is 0 Å². The molecule has 0 saturated carbocycles. The molecule has 9 aromatic rings. The first kappa shape index (κ1) is 25.8. The van der Waals surface area contributed by atoms with Gasteiger partial charge in [-0.25, -0.2) is 0 Å². The van der Waals surface area contributed by atoms with Gasteiger partial charge in [0, 0.05) is 20.0 Å². The van der Waals surface area contributed by atoms with Gasteiger partial charge in [-0.05, 0) is 101 Å². The van der Waals surface area contributed by atoms with E-state index < -0.39 is 0 Å². The maximum atomic E-state index is 2.42. The van der Waals surface area contributed by atoms with Crippen molar-refractivity contribution in [3.05, 3.63) is 167 Å². The molecule has 1 heteroatoms. The van der Waals surface area contributed by atoms with Gasteiger partial charge in [0.05, 0.1) is 0 Å². The predicted molar refractivity (Wildman–Crippen MR) is 201 cm³/mol. The highest BCUT2D eigenvalue weighted by Gasteiger charge is 2.16. The van der Waals surface area contributed by atoms with E-state index in [1.807, 2.05) is 11.3 Å². The molecule has 10 rings (SSSR count). The Balaban J connectivity index is 1.19. The summed E-state index contributed by atoms with van der Waals surface area (Å²) in [7, 11) is 0. The molecule has 214 valence electrons. The zero-order valence-electron chi connectivity index (χ0n) is 25.1. The summed E-state index contributed by atoms with van der Waals surface area (Å²) in [4.78, 5) is 0. The van der Waals surface area contributed by atoms with E-state index in [0.29, 0.717) is 0 Å². The van der Waals surface area contributed by atoms with Crippen LogP contribution in [-0.4, -0.2) is 0 Å². The number of fused-ring (bicyclic) bond motifs is 12. The molecule has 1 heterocycles. The normalized spacial score (nSPS) is 13.2. The number of allylic oxidation sites excluding steroid dienone is 2.